The van der Waals surface area contributed by atoms with E-state index in [-0.39, 0.29) is 17.2 Å². The summed E-state index contributed by atoms with van der Waals surface area (Å²) < 4.78 is 5.27. The van der Waals surface area contributed by atoms with E-state index in [0.717, 1.165) is 23.2 Å². The van der Waals surface area contributed by atoms with Gasteiger partial charge in [-0.1, -0.05) is 29.8 Å². The van der Waals surface area contributed by atoms with Gasteiger partial charge in [-0.3, -0.25) is 4.79 Å². The fourth-order valence-corrected chi connectivity index (χ4v) is 2.87. The summed E-state index contributed by atoms with van der Waals surface area (Å²) in [7, 11) is 0. The lowest BCUT2D eigenvalue weighted by Crippen LogP contribution is -2.39. The second kappa shape index (κ2) is 6.35. The minimum absolute atomic E-state index is 0.0662. The third kappa shape index (κ3) is 2.97. The summed E-state index contributed by atoms with van der Waals surface area (Å²) in [6.07, 6.45) is -0.134. The number of carbonyl (C=O) groups excluding carboxylic acids is 2. The lowest BCUT2D eigenvalue weighted by Gasteiger charge is -2.21. The van der Waals surface area contributed by atoms with Gasteiger partial charge in [-0.2, -0.15) is 0 Å². The van der Waals surface area contributed by atoms with Crippen LogP contribution in [0.1, 0.15) is 28.4 Å². The van der Waals surface area contributed by atoms with Crippen LogP contribution in [0.4, 0.5) is 5.69 Å². The Balaban J connectivity index is 1.73. The molecule has 0 unspecified atom stereocenters. The first kappa shape index (κ1) is 16.1. The zero-order chi connectivity index (χ0) is 17.3. The van der Waals surface area contributed by atoms with Crippen molar-refractivity contribution in [2.24, 2.45) is 0 Å². The predicted molar refractivity (Wildman–Crippen MR) is 90.2 cm³/mol. The third-order valence-corrected chi connectivity index (χ3v) is 4.16. The van der Waals surface area contributed by atoms with Gasteiger partial charge >= 0.3 is 5.97 Å². The smallest absolute Gasteiger partial charge is 0.342 e. The van der Waals surface area contributed by atoms with E-state index >= 15 is 0 Å². The number of nitrogens with zero attached hydrogens (tertiary/aromatic N) is 1. The normalized spacial score (nSPS) is 14.2. The second-order valence-corrected chi connectivity index (χ2v) is 5.94. The van der Waals surface area contributed by atoms with Crippen molar-refractivity contribution in [3.05, 3.63) is 59.2 Å². The van der Waals surface area contributed by atoms with E-state index in [4.69, 9.17) is 4.74 Å². The molecule has 124 valence electrons. The average molecular weight is 325 g/mol. The maximum Gasteiger partial charge on any atom is 0.342 e. The number of phenols is 1. The van der Waals surface area contributed by atoms with Crippen LogP contribution < -0.4 is 4.90 Å². The standard InChI is InChI=1S/C19H19NO4/c1-12-7-8-17(21)15(11-12)19(23)24-13(2)18(22)20-10-9-14-5-3-4-6-16(14)20/h3-8,11,13,21H,9-10H2,1-2H3/t13-/m1/s1. The van der Waals surface area contributed by atoms with Crippen LogP contribution >= 0.6 is 0 Å². The van der Waals surface area contributed by atoms with E-state index in [1.807, 2.05) is 31.2 Å². The Hall–Kier alpha value is -2.82. The molecule has 0 saturated carbocycles. The molecular weight excluding hydrogens is 306 g/mol. The quantitative estimate of drug-likeness (QED) is 0.881. The Labute approximate surface area is 140 Å². The highest BCUT2D eigenvalue weighted by molar-refractivity contribution is 6.00. The van der Waals surface area contributed by atoms with Crippen LogP contribution in [0.5, 0.6) is 5.75 Å². The lowest BCUT2D eigenvalue weighted by molar-refractivity contribution is -0.126. The van der Waals surface area contributed by atoms with Crippen molar-refractivity contribution in [3.8, 4) is 5.75 Å². The molecule has 0 bridgehead atoms. The molecule has 1 aliphatic heterocycles. The molecule has 1 amide bonds. The molecule has 2 aromatic rings. The van der Waals surface area contributed by atoms with Gasteiger partial charge in [0.2, 0.25) is 0 Å². The van der Waals surface area contributed by atoms with Crippen molar-refractivity contribution >= 4 is 17.6 Å². The van der Waals surface area contributed by atoms with Gasteiger partial charge in [0.05, 0.1) is 0 Å². The van der Waals surface area contributed by atoms with Crippen molar-refractivity contribution < 1.29 is 19.4 Å². The first-order chi connectivity index (χ1) is 11.5. The Morgan fingerprint density at radius 1 is 1.21 bits per heavy atom. The number of carbonyl (C=O) groups is 2. The summed E-state index contributed by atoms with van der Waals surface area (Å²) >= 11 is 0. The van der Waals surface area contributed by atoms with Crippen molar-refractivity contribution in [2.45, 2.75) is 26.4 Å². The van der Waals surface area contributed by atoms with Crippen molar-refractivity contribution in [3.63, 3.8) is 0 Å². The van der Waals surface area contributed by atoms with E-state index < -0.39 is 12.1 Å². The number of ether oxygens (including phenoxy) is 1. The monoisotopic (exact) mass is 325 g/mol. The first-order valence-corrected chi connectivity index (χ1v) is 7.87. The number of fused-ring (bicyclic) bond motifs is 1. The van der Waals surface area contributed by atoms with Crippen molar-refractivity contribution in [1.82, 2.24) is 0 Å². The van der Waals surface area contributed by atoms with Crippen molar-refractivity contribution in [1.29, 1.82) is 0 Å². The molecule has 1 heterocycles. The summed E-state index contributed by atoms with van der Waals surface area (Å²) in [4.78, 5) is 26.5. The molecule has 0 spiro atoms. The number of aryl methyl sites for hydroxylation is 1. The minimum Gasteiger partial charge on any atom is -0.507 e. The van der Waals surface area contributed by atoms with Crippen LogP contribution in [0.2, 0.25) is 0 Å². The van der Waals surface area contributed by atoms with E-state index in [9.17, 15) is 14.7 Å². The number of para-hydroxylation sites is 1. The van der Waals surface area contributed by atoms with Gasteiger partial charge < -0.3 is 14.7 Å². The zero-order valence-electron chi connectivity index (χ0n) is 13.7. The summed E-state index contributed by atoms with van der Waals surface area (Å²) in [5.74, 6) is -1.12. The Bertz CT molecular complexity index is 800. The molecule has 0 aromatic heterocycles. The van der Waals surface area contributed by atoms with Crippen LogP contribution in [0.25, 0.3) is 0 Å². The van der Waals surface area contributed by atoms with E-state index in [1.165, 1.54) is 6.07 Å². The number of aromatic hydroxyl groups is 1. The highest BCUT2D eigenvalue weighted by Crippen LogP contribution is 2.28. The van der Waals surface area contributed by atoms with Gasteiger partial charge in [0.1, 0.15) is 11.3 Å². The number of benzene rings is 2. The fourth-order valence-electron chi connectivity index (χ4n) is 2.87. The number of phenolic OH excluding ortho intramolecular Hbond substituents is 1. The molecule has 1 N–H and O–H groups in total. The maximum atomic E-state index is 12.6. The fraction of sp³-hybridized carbons (Fsp3) is 0.263. The summed E-state index contributed by atoms with van der Waals surface area (Å²) in [6.45, 7) is 3.94. The lowest BCUT2D eigenvalue weighted by atomic mass is 10.1. The van der Waals surface area contributed by atoms with Gasteiger partial charge in [0.25, 0.3) is 5.91 Å². The largest absolute Gasteiger partial charge is 0.507 e. The average Bonchev–Trinajstić information content (AvgIpc) is 3.00. The van der Waals surface area contributed by atoms with Crippen LogP contribution in [-0.2, 0) is 16.0 Å². The molecule has 1 atom stereocenters. The Morgan fingerprint density at radius 3 is 2.75 bits per heavy atom. The summed E-state index contributed by atoms with van der Waals surface area (Å²) in [6, 6.07) is 12.4. The second-order valence-electron chi connectivity index (χ2n) is 5.94. The highest BCUT2D eigenvalue weighted by Gasteiger charge is 2.30. The topological polar surface area (TPSA) is 66.8 Å². The third-order valence-electron chi connectivity index (χ3n) is 4.16. The molecule has 24 heavy (non-hydrogen) atoms. The van der Waals surface area contributed by atoms with Gasteiger partial charge in [0, 0.05) is 12.2 Å². The van der Waals surface area contributed by atoms with Gasteiger partial charge in [-0.05, 0) is 44.0 Å². The Morgan fingerprint density at radius 2 is 1.96 bits per heavy atom. The number of esters is 1. The molecule has 0 radical (unpaired) electrons. The predicted octanol–water partition coefficient (Wildman–Crippen LogP) is 2.84. The number of hydrogen-bond acceptors (Lipinski definition) is 4. The maximum absolute atomic E-state index is 12.6. The molecular formula is C19H19NO4. The summed E-state index contributed by atoms with van der Waals surface area (Å²) in [5.41, 5.74) is 2.87. The SMILES string of the molecule is Cc1ccc(O)c(C(=O)O[C@H](C)C(=O)N2CCc3ccccc32)c1. The van der Waals surface area contributed by atoms with Crippen LogP contribution in [0.3, 0.4) is 0 Å². The van der Waals surface area contributed by atoms with Crippen LogP contribution in [0.15, 0.2) is 42.5 Å². The number of hydrogen-bond donors (Lipinski definition) is 1. The van der Waals surface area contributed by atoms with E-state index in [0.29, 0.717) is 6.54 Å². The molecule has 0 aliphatic carbocycles. The Kier molecular flexibility index (Phi) is 4.25. The molecule has 3 rings (SSSR count). The number of rotatable bonds is 3. The molecule has 0 saturated heterocycles. The van der Waals surface area contributed by atoms with Crippen LogP contribution in [-0.4, -0.2) is 29.6 Å². The van der Waals surface area contributed by atoms with Gasteiger partial charge in [0.15, 0.2) is 6.10 Å². The number of anilines is 1. The molecule has 1 aliphatic rings. The van der Waals surface area contributed by atoms with E-state index in [2.05, 4.69) is 0 Å². The van der Waals surface area contributed by atoms with E-state index in [1.54, 1.807) is 24.0 Å². The van der Waals surface area contributed by atoms with Gasteiger partial charge in [-0.25, -0.2) is 4.79 Å². The molecule has 0 fully saturated rings. The number of amides is 1. The zero-order valence-corrected chi connectivity index (χ0v) is 13.7. The minimum atomic E-state index is -0.927. The highest BCUT2D eigenvalue weighted by atomic mass is 16.5. The van der Waals surface area contributed by atoms with Crippen LogP contribution in [0, 0.1) is 6.92 Å². The summed E-state index contributed by atoms with van der Waals surface area (Å²) in [5, 5.41) is 9.80. The molecule has 5 nitrogen and oxygen atoms in total. The van der Waals surface area contributed by atoms with Gasteiger partial charge in [-0.15, -0.1) is 0 Å². The molecule has 5 heteroatoms. The molecule has 2 aromatic carbocycles. The van der Waals surface area contributed by atoms with Crippen molar-refractivity contribution in [2.75, 3.05) is 11.4 Å². The first-order valence-electron chi connectivity index (χ1n) is 7.87.